The number of aromatic nitrogens is 1. The van der Waals surface area contributed by atoms with Crippen molar-refractivity contribution in [2.45, 2.75) is 6.42 Å². The molecule has 0 saturated carbocycles. The molecule has 3 N–H and O–H groups in total. The molecule has 2 aromatic carbocycles. The zero-order chi connectivity index (χ0) is 18.0. The fraction of sp³-hybridized carbons (Fsp3) is 0.111. The molecule has 0 saturated heterocycles. The van der Waals surface area contributed by atoms with Crippen molar-refractivity contribution < 1.29 is 14.7 Å². The standard InChI is InChI=1S/C18H14Cl2N2O3/c19-11-8-12(20)15-13(9-11)22-17(18(24)25)16(15)21-7-6-14(23)10-4-2-1-3-5-10/h1-5,8-9,21-22H,6-7H2,(H,24,25). The average Bonchev–Trinajstić information content (AvgIpc) is 2.94. The molecular formula is C18H14Cl2N2O3. The number of hydrogen-bond donors (Lipinski definition) is 3. The maximum absolute atomic E-state index is 12.2. The van der Waals surface area contributed by atoms with Gasteiger partial charge in [-0.3, -0.25) is 4.79 Å². The Morgan fingerprint density at radius 3 is 2.52 bits per heavy atom. The first kappa shape index (κ1) is 17.3. The van der Waals surface area contributed by atoms with Crippen LogP contribution in [0.1, 0.15) is 27.3 Å². The summed E-state index contributed by atoms with van der Waals surface area (Å²) in [4.78, 5) is 26.5. The molecule has 0 spiro atoms. The van der Waals surface area contributed by atoms with E-state index in [4.69, 9.17) is 23.2 Å². The Labute approximate surface area is 153 Å². The number of carbonyl (C=O) groups excluding carboxylic acids is 1. The van der Waals surface area contributed by atoms with Crippen molar-refractivity contribution >= 4 is 51.5 Å². The van der Waals surface area contributed by atoms with Crippen LogP contribution in [0, 0.1) is 0 Å². The minimum Gasteiger partial charge on any atom is -0.477 e. The van der Waals surface area contributed by atoms with Crippen molar-refractivity contribution in [3.05, 3.63) is 63.8 Å². The summed E-state index contributed by atoms with van der Waals surface area (Å²) in [5, 5.41) is 13.7. The van der Waals surface area contributed by atoms with Crippen LogP contribution < -0.4 is 5.32 Å². The lowest BCUT2D eigenvalue weighted by atomic mass is 10.1. The smallest absolute Gasteiger partial charge is 0.354 e. The van der Waals surface area contributed by atoms with E-state index in [9.17, 15) is 14.7 Å². The molecule has 0 fully saturated rings. The summed E-state index contributed by atoms with van der Waals surface area (Å²) in [6, 6.07) is 12.1. The zero-order valence-electron chi connectivity index (χ0n) is 13.0. The van der Waals surface area contributed by atoms with Crippen molar-refractivity contribution in [2.24, 2.45) is 0 Å². The highest BCUT2D eigenvalue weighted by atomic mass is 35.5. The topological polar surface area (TPSA) is 82.2 Å². The first-order valence-corrected chi connectivity index (χ1v) is 8.29. The van der Waals surface area contributed by atoms with Crippen LogP contribution >= 0.6 is 23.2 Å². The van der Waals surface area contributed by atoms with Crippen LogP contribution in [0.4, 0.5) is 5.69 Å². The van der Waals surface area contributed by atoms with Gasteiger partial charge in [-0.2, -0.15) is 0 Å². The van der Waals surface area contributed by atoms with Crippen LogP contribution in [0.3, 0.4) is 0 Å². The molecule has 0 aliphatic carbocycles. The Morgan fingerprint density at radius 2 is 1.84 bits per heavy atom. The number of aromatic carboxylic acids is 1. The lowest BCUT2D eigenvalue weighted by molar-refractivity contribution is 0.0692. The number of carboxylic acids is 1. The quantitative estimate of drug-likeness (QED) is 0.536. The van der Waals surface area contributed by atoms with E-state index >= 15 is 0 Å². The Kier molecular flexibility index (Phi) is 4.97. The highest BCUT2D eigenvalue weighted by Crippen LogP contribution is 2.36. The van der Waals surface area contributed by atoms with E-state index < -0.39 is 5.97 Å². The van der Waals surface area contributed by atoms with Gasteiger partial charge in [0.05, 0.1) is 16.2 Å². The van der Waals surface area contributed by atoms with Gasteiger partial charge in [-0.1, -0.05) is 53.5 Å². The molecule has 3 aromatic rings. The number of halogens is 2. The molecule has 0 radical (unpaired) electrons. The molecule has 5 nitrogen and oxygen atoms in total. The number of H-pyrrole nitrogens is 1. The highest BCUT2D eigenvalue weighted by molar-refractivity contribution is 6.40. The monoisotopic (exact) mass is 376 g/mol. The Balaban J connectivity index is 1.84. The van der Waals surface area contributed by atoms with Crippen LogP contribution in [0.2, 0.25) is 10.0 Å². The fourth-order valence-electron chi connectivity index (χ4n) is 2.66. The summed E-state index contributed by atoms with van der Waals surface area (Å²) >= 11 is 12.2. The zero-order valence-corrected chi connectivity index (χ0v) is 14.5. The van der Waals surface area contributed by atoms with Gasteiger partial charge in [-0.05, 0) is 12.1 Å². The van der Waals surface area contributed by atoms with Gasteiger partial charge < -0.3 is 15.4 Å². The minimum atomic E-state index is -1.12. The molecule has 1 heterocycles. The number of benzene rings is 2. The Bertz CT molecular complexity index is 952. The summed E-state index contributed by atoms with van der Waals surface area (Å²) in [5.41, 5.74) is 1.47. The lowest BCUT2D eigenvalue weighted by Crippen LogP contribution is -2.11. The number of Topliss-reactive ketones (excluding diaryl/α,β-unsaturated/α-hetero) is 1. The highest BCUT2D eigenvalue weighted by Gasteiger charge is 2.20. The van der Waals surface area contributed by atoms with E-state index in [0.29, 0.717) is 32.2 Å². The molecular weight excluding hydrogens is 363 g/mol. The maximum atomic E-state index is 12.2. The summed E-state index contributed by atoms with van der Waals surface area (Å²) in [6.07, 6.45) is 0.223. The first-order chi connectivity index (χ1) is 12.0. The molecule has 1 aromatic heterocycles. The second-order valence-electron chi connectivity index (χ2n) is 5.46. The van der Waals surface area contributed by atoms with Gasteiger partial charge in [0, 0.05) is 28.9 Å². The van der Waals surface area contributed by atoms with Crippen LogP contribution in [-0.2, 0) is 0 Å². The van der Waals surface area contributed by atoms with Crippen LogP contribution in [0.5, 0.6) is 0 Å². The normalized spacial score (nSPS) is 10.8. The Morgan fingerprint density at radius 1 is 1.12 bits per heavy atom. The van der Waals surface area contributed by atoms with Crippen LogP contribution in [0.15, 0.2) is 42.5 Å². The molecule has 7 heteroatoms. The number of carboxylic acid groups (broad SMARTS) is 1. The molecule has 0 unspecified atom stereocenters. The number of hydrogen-bond acceptors (Lipinski definition) is 3. The van der Waals surface area contributed by atoms with Crippen LogP contribution in [-0.4, -0.2) is 28.4 Å². The van der Waals surface area contributed by atoms with Gasteiger partial charge in [0.25, 0.3) is 0 Å². The third-order valence-electron chi connectivity index (χ3n) is 3.78. The van der Waals surface area contributed by atoms with E-state index in [0.717, 1.165) is 0 Å². The van der Waals surface area contributed by atoms with Crippen molar-refractivity contribution in [3.63, 3.8) is 0 Å². The first-order valence-electron chi connectivity index (χ1n) is 7.53. The maximum Gasteiger partial charge on any atom is 0.354 e. The molecule has 0 atom stereocenters. The SMILES string of the molecule is O=C(CCNc1c(C(=O)O)[nH]c2cc(Cl)cc(Cl)c12)c1ccccc1. The van der Waals surface area contributed by atoms with Gasteiger partial charge in [-0.25, -0.2) is 4.79 Å². The molecule has 0 amide bonds. The predicted molar refractivity (Wildman–Crippen MR) is 99.2 cm³/mol. The molecule has 25 heavy (non-hydrogen) atoms. The van der Waals surface area contributed by atoms with Crippen molar-refractivity contribution in [3.8, 4) is 0 Å². The van der Waals surface area contributed by atoms with E-state index in [-0.39, 0.29) is 24.4 Å². The van der Waals surface area contributed by atoms with Gasteiger partial charge in [0.1, 0.15) is 5.69 Å². The predicted octanol–water partition coefficient (Wildman–Crippen LogP) is 4.86. The van der Waals surface area contributed by atoms with Gasteiger partial charge in [0.2, 0.25) is 0 Å². The average molecular weight is 377 g/mol. The number of carbonyl (C=O) groups is 2. The van der Waals surface area contributed by atoms with Gasteiger partial charge >= 0.3 is 5.97 Å². The van der Waals surface area contributed by atoms with E-state index in [2.05, 4.69) is 10.3 Å². The minimum absolute atomic E-state index is 0.0219. The molecule has 0 aliphatic heterocycles. The lowest BCUT2D eigenvalue weighted by Gasteiger charge is -2.07. The second kappa shape index (κ2) is 7.17. The number of aromatic amines is 1. The van der Waals surface area contributed by atoms with Gasteiger partial charge in [0.15, 0.2) is 5.78 Å². The third kappa shape index (κ3) is 3.62. The number of rotatable bonds is 6. The summed E-state index contributed by atoms with van der Waals surface area (Å²) in [6.45, 7) is 0.278. The largest absolute Gasteiger partial charge is 0.477 e. The number of anilines is 1. The molecule has 128 valence electrons. The van der Waals surface area contributed by atoms with Crippen molar-refractivity contribution in [2.75, 3.05) is 11.9 Å². The van der Waals surface area contributed by atoms with Crippen LogP contribution in [0.25, 0.3) is 10.9 Å². The summed E-state index contributed by atoms with van der Waals surface area (Å²) < 4.78 is 0. The van der Waals surface area contributed by atoms with Crippen molar-refractivity contribution in [1.82, 2.24) is 4.98 Å². The van der Waals surface area contributed by atoms with E-state index in [1.807, 2.05) is 6.07 Å². The number of nitrogens with one attached hydrogen (secondary N) is 2. The number of fused-ring (bicyclic) bond motifs is 1. The Hall–Kier alpha value is -2.50. The van der Waals surface area contributed by atoms with E-state index in [1.165, 1.54) is 0 Å². The summed E-state index contributed by atoms with van der Waals surface area (Å²) in [5.74, 6) is -1.15. The molecule has 0 bridgehead atoms. The fourth-order valence-corrected chi connectivity index (χ4v) is 3.24. The molecule has 0 aliphatic rings. The van der Waals surface area contributed by atoms with Gasteiger partial charge in [-0.15, -0.1) is 0 Å². The third-order valence-corrected chi connectivity index (χ3v) is 4.29. The van der Waals surface area contributed by atoms with E-state index in [1.54, 1.807) is 36.4 Å². The summed E-state index contributed by atoms with van der Waals surface area (Å²) in [7, 11) is 0. The number of ketones is 1. The molecule has 3 rings (SSSR count). The van der Waals surface area contributed by atoms with Crippen molar-refractivity contribution in [1.29, 1.82) is 0 Å². The second-order valence-corrected chi connectivity index (χ2v) is 6.30.